The number of carbonyl (C=O) groups excluding carboxylic acids is 1. The Hall–Kier alpha value is -2.53. The minimum absolute atomic E-state index is 0.369. The van der Waals surface area contributed by atoms with Gasteiger partial charge in [-0.15, -0.1) is 0 Å². The van der Waals surface area contributed by atoms with Crippen LogP contribution in [0.25, 0.3) is 0 Å². The van der Waals surface area contributed by atoms with E-state index in [1.165, 1.54) is 12.3 Å². The molecular formula is C14H11F4N3O3S. The standard InChI is InChI=1S/C14H11F4N3O3S/c15-11-4-3-9(25(19,23)24)6-10(11)13(22)21-12(14(16,17)18)8-2-1-5-20-7-8/h1-7,12H,(H,21,22)(H2,19,23,24). The van der Waals surface area contributed by atoms with Crippen LogP contribution in [0.5, 0.6) is 0 Å². The van der Waals surface area contributed by atoms with Crippen molar-refractivity contribution in [2.45, 2.75) is 17.1 Å². The smallest absolute Gasteiger partial charge is 0.337 e. The van der Waals surface area contributed by atoms with Crippen LogP contribution in [0.2, 0.25) is 0 Å². The van der Waals surface area contributed by atoms with Gasteiger partial charge in [-0.2, -0.15) is 13.2 Å². The van der Waals surface area contributed by atoms with Crippen molar-refractivity contribution in [1.29, 1.82) is 0 Å². The van der Waals surface area contributed by atoms with Crippen LogP contribution >= 0.6 is 0 Å². The van der Waals surface area contributed by atoms with Gasteiger partial charge in [-0.1, -0.05) is 6.07 Å². The fourth-order valence-electron chi connectivity index (χ4n) is 1.97. The Bertz CT molecular complexity index is 886. The highest BCUT2D eigenvalue weighted by molar-refractivity contribution is 7.89. The van der Waals surface area contributed by atoms with Gasteiger partial charge in [-0.25, -0.2) is 17.9 Å². The largest absolute Gasteiger partial charge is 0.412 e. The number of rotatable bonds is 4. The molecule has 0 aliphatic carbocycles. The van der Waals surface area contributed by atoms with Crippen molar-refractivity contribution >= 4 is 15.9 Å². The minimum Gasteiger partial charge on any atom is -0.337 e. The molecule has 2 aromatic rings. The number of sulfonamides is 1. The Balaban J connectivity index is 2.40. The van der Waals surface area contributed by atoms with E-state index in [1.807, 2.05) is 0 Å². The van der Waals surface area contributed by atoms with Gasteiger partial charge in [0, 0.05) is 18.0 Å². The molecule has 6 nitrogen and oxygen atoms in total. The molecule has 1 amide bonds. The maximum Gasteiger partial charge on any atom is 0.412 e. The fraction of sp³-hybridized carbons (Fsp3) is 0.143. The summed E-state index contributed by atoms with van der Waals surface area (Å²) in [4.78, 5) is 15.0. The predicted molar refractivity (Wildman–Crippen MR) is 78.3 cm³/mol. The van der Waals surface area contributed by atoms with E-state index in [1.54, 1.807) is 5.32 Å². The topological polar surface area (TPSA) is 102 Å². The van der Waals surface area contributed by atoms with Gasteiger partial charge in [-0.3, -0.25) is 9.78 Å². The van der Waals surface area contributed by atoms with E-state index < -0.39 is 44.4 Å². The van der Waals surface area contributed by atoms with Crippen LogP contribution in [-0.2, 0) is 10.0 Å². The van der Waals surface area contributed by atoms with Gasteiger partial charge in [0.2, 0.25) is 10.0 Å². The lowest BCUT2D eigenvalue weighted by Crippen LogP contribution is -2.38. The van der Waals surface area contributed by atoms with Crippen LogP contribution in [0.4, 0.5) is 17.6 Å². The molecule has 11 heteroatoms. The Morgan fingerprint density at radius 2 is 1.92 bits per heavy atom. The number of carbonyl (C=O) groups is 1. The van der Waals surface area contributed by atoms with Gasteiger partial charge in [0.1, 0.15) is 5.82 Å². The molecule has 1 unspecified atom stereocenters. The number of aromatic nitrogens is 1. The van der Waals surface area contributed by atoms with E-state index in [-0.39, 0.29) is 5.56 Å². The summed E-state index contributed by atoms with van der Waals surface area (Å²) in [5.74, 6) is -2.65. The molecule has 0 aliphatic heterocycles. The molecular weight excluding hydrogens is 366 g/mol. The van der Waals surface area contributed by atoms with Crippen LogP contribution in [-0.4, -0.2) is 25.5 Å². The summed E-state index contributed by atoms with van der Waals surface area (Å²) in [6.45, 7) is 0. The van der Waals surface area contributed by atoms with Gasteiger partial charge in [0.15, 0.2) is 6.04 Å². The van der Waals surface area contributed by atoms with E-state index in [4.69, 9.17) is 5.14 Å². The molecule has 134 valence electrons. The van der Waals surface area contributed by atoms with Gasteiger partial charge in [0.05, 0.1) is 10.5 Å². The van der Waals surface area contributed by atoms with Crippen molar-refractivity contribution in [2.75, 3.05) is 0 Å². The number of nitrogens with two attached hydrogens (primary N) is 1. The number of alkyl halides is 3. The molecule has 0 saturated carbocycles. The van der Waals surface area contributed by atoms with Gasteiger partial charge in [0.25, 0.3) is 5.91 Å². The number of nitrogens with zero attached hydrogens (tertiary/aromatic N) is 1. The molecule has 0 saturated heterocycles. The van der Waals surface area contributed by atoms with Crippen LogP contribution in [0.1, 0.15) is 22.0 Å². The second-order valence-corrected chi connectivity index (χ2v) is 6.48. The highest BCUT2D eigenvalue weighted by Crippen LogP contribution is 2.32. The first-order valence-corrected chi connectivity index (χ1v) is 8.14. The van der Waals surface area contributed by atoms with Crippen LogP contribution < -0.4 is 10.5 Å². The van der Waals surface area contributed by atoms with Gasteiger partial charge >= 0.3 is 6.18 Å². The first-order valence-electron chi connectivity index (χ1n) is 6.60. The van der Waals surface area contributed by atoms with Crippen molar-refractivity contribution in [3.05, 3.63) is 59.7 Å². The molecule has 1 heterocycles. The predicted octanol–water partition coefficient (Wildman–Crippen LogP) is 1.90. The van der Waals surface area contributed by atoms with E-state index in [0.717, 1.165) is 18.3 Å². The molecule has 0 spiro atoms. The highest BCUT2D eigenvalue weighted by atomic mass is 32.2. The Labute approximate surface area is 139 Å². The third-order valence-electron chi connectivity index (χ3n) is 3.13. The van der Waals surface area contributed by atoms with Gasteiger partial charge in [-0.05, 0) is 24.3 Å². The molecule has 2 rings (SSSR count). The van der Waals surface area contributed by atoms with E-state index in [2.05, 4.69) is 4.98 Å². The first-order chi connectivity index (χ1) is 11.5. The Morgan fingerprint density at radius 3 is 2.44 bits per heavy atom. The lowest BCUT2D eigenvalue weighted by Gasteiger charge is -2.22. The molecule has 0 bridgehead atoms. The average molecular weight is 377 g/mol. The summed E-state index contributed by atoms with van der Waals surface area (Å²) >= 11 is 0. The first kappa shape index (κ1) is 18.8. The highest BCUT2D eigenvalue weighted by Gasteiger charge is 2.42. The average Bonchev–Trinajstić information content (AvgIpc) is 2.51. The number of pyridine rings is 1. The number of benzene rings is 1. The summed E-state index contributed by atoms with van der Waals surface area (Å²) < 4.78 is 75.9. The summed E-state index contributed by atoms with van der Waals surface area (Å²) in [5.41, 5.74) is -1.25. The molecule has 0 fully saturated rings. The zero-order valence-corrected chi connectivity index (χ0v) is 13.1. The lowest BCUT2D eigenvalue weighted by molar-refractivity contribution is -0.155. The van der Waals surface area contributed by atoms with Crippen LogP contribution in [0.3, 0.4) is 0 Å². The molecule has 3 N–H and O–H groups in total. The fourth-order valence-corrected chi connectivity index (χ4v) is 2.50. The number of hydrogen-bond donors (Lipinski definition) is 2. The molecule has 1 aromatic heterocycles. The molecule has 1 atom stereocenters. The SMILES string of the molecule is NS(=O)(=O)c1ccc(F)c(C(=O)NC(c2cccnc2)C(F)(F)F)c1. The molecule has 0 radical (unpaired) electrons. The third kappa shape index (κ3) is 4.51. The minimum atomic E-state index is -4.88. The number of nitrogens with one attached hydrogen (secondary N) is 1. The zero-order chi connectivity index (χ0) is 18.8. The van der Waals surface area contributed by atoms with Crippen molar-refractivity contribution in [3.63, 3.8) is 0 Å². The second kappa shape index (κ2) is 6.76. The van der Waals surface area contributed by atoms with Crippen molar-refractivity contribution in [2.24, 2.45) is 5.14 Å². The second-order valence-electron chi connectivity index (χ2n) is 4.92. The van der Waals surface area contributed by atoms with E-state index in [9.17, 15) is 30.8 Å². The van der Waals surface area contributed by atoms with Crippen LogP contribution in [0, 0.1) is 5.82 Å². The summed E-state index contributed by atoms with van der Waals surface area (Å²) in [5, 5.41) is 6.50. The number of halogens is 4. The van der Waals surface area contributed by atoms with Gasteiger partial charge < -0.3 is 5.32 Å². The summed E-state index contributed by atoms with van der Waals surface area (Å²) in [6.07, 6.45) is -2.74. The summed E-state index contributed by atoms with van der Waals surface area (Å²) in [6, 6.07) is 1.86. The molecule has 25 heavy (non-hydrogen) atoms. The maximum absolute atomic E-state index is 13.8. The Kier molecular flexibility index (Phi) is 5.09. The quantitative estimate of drug-likeness (QED) is 0.795. The summed E-state index contributed by atoms with van der Waals surface area (Å²) in [7, 11) is -4.26. The van der Waals surface area contributed by atoms with Crippen LogP contribution in [0.15, 0.2) is 47.6 Å². The van der Waals surface area contributed by atoms with E-state index in [0.29, 0.717) is 12.1 Å². The molecule has 0 aliphatic rings. The number of primary sulfonamides is 1. The monoisotopic (exact) mass is 377 g/mol. The number of amides is 1. The van der Waals surface area contributed by atoms with E-state index >= 15 is 0 Å². The van der Waals surface area contributed by atoms with Crippen molar-refractivity contribution in [1.82, 2.24) is 10.3 Å². The van der Waals surface area contributed by atoms with Crippen molar-refractivity contribution < 1.29 is 30.8 Å². The third-order valence-corrected chi connectivity index (χ3v) is 4.04. The maximum atomic E-state index is 13.8. The zero-order valence-electron chi connectivity index (χ0n) is 12.3. The Morgan fingerprint density at radius 1 is 1.24 bits per heavy atom. The molecule has 1 aromatic carbocycles. The number of hydrogen-bond acceptors (Lipinski definition) is 4. The normalized spacial score (nSPS) is 13.3. The van der Waals surface area contributed by atoms with Crippen molar-refractivity contribution in [3.8, 4) is 0 Å². The lowest BCUT2D eigenvalue weighted by atomic mass is 10.1.